The van der Waals surface area contributed by atoms with E-state index < -0.39 is 0 Å². The summed E-state index contributed by atoms with van der Waals surface area (Å²) < 4.78 is 10.6. The quantitative estimate of drug-likeness (QED) is 0.876. The van der Waals surface area contributed by atoms with Crippen molar-refractivity contribution in [1.29, 1.82) is 0 Å². The van der Waals surface area contributed by atoms with Gasteiger partial charge < -0.3 is 25.0 Å². The maximum absolute atomic E-state index is 12.1. The van der Waals surface area contributed by atoms with Crippen LogP contribution < -0.4 is 25.0 Å². The number of nitrogens with zero attached hydrogens (tertiary/aromatic N) is 3. The minimum atomic E-state index is -0.323. The molecule has 4 rings (SSSR count). The van der Waals surface area contributed by atoms with Gasteiger partial charge in [-0.1, -0.05) is 0 Å². The number of nitrogens with one attached hydrogen (secondary N) is 2. The number of hydrogen-bond donors (Lipinski definition) is 2. The van der Waals surface area contributed by atoms with Crippen molar-refractivity contribution in [3.05, 3.63) is 36.3 Å². The maximum Gasteiger partial charge on any atom is 0.319 e. The van der Waals surface area contributed by atoms with Crippen LogP contribution >= 0.6 is 0 Å². The molecule has 0 bridgehead atoms. The average Bonchev–Trinajstić information content (AvgIpc) is 3.15. The van der Waals surface area contributed by atoms with E-state index in [1.54, 1.807) is 24.4 Å². The Hall–Kier alpha value is -3.03. The maximum atomic E-state index is 12.1. The number of amides is 2. The molecule has 1 fully saturated rings. The number of ether oxygens (including phenoxy) is 2. The molecule has 1 aromatic heterocycles. The molecule has 0 spiro atoms. The van der Waals surface area contributed by atoms with E-state index in [9.17, 15) is 4.79 Å². The fourth-order valence-electron chi connectivity index (χ4n) is 3.08. The number of aromatic nitrogens is 2. The number of carbonyl (C=O) groups is 1. The summed E-state index contributed by atoms with van der Waals surface area (Å²) in [4.78, 5) is 23.2. The molecule has 0 radical (unpaired) electrons. The lowest BCUT2D eigenvalue weighted by molar-refractivity contribution is 0.174. The van der Waals surface area contributed by atoms with E-state index in [1.165, 1.54) is 19.3 Å². The van der Waals surface area contributed by atoms with Gasteiger partial charge in [0.1, 0.15) is 11.6 Å². The fourth-order valence-corrected chi connectivity index (χ4v) is 3.08. The molecule has 136 valence electrons. The van der Waals surface area contributed by atoms with Gasteiger partial charge in [-0.15, -0.1) is 0 Å². The minimum Gasteiger partial charge on any atom is -0.454 e. The summed E-state index contributed by atoms with van der Waals surface area (Å²) >= 11 is 0. The van der Waals surface area contributed by atoms with E-state index in [2.05, 4.69) is 25.5 Å². The molecule has 2 aliphatic rings. The summed E-state index contributed by atoms with van der Waals surface area (Å²) in [5.74, 6) is 2.82. The Morgan fingerprint density at radius 1 is 1.12 bits per heavy atom. The van der Waals surface area contributed by atoms with E-state index in [1.807, 2.05) is 6.07 Å². The first-order valence-electron chi connectivity index (χ1n) is 8.79. The van der Waals surface area contributed by atoms with Gasteiger partial charge in [0, 0.05) is 31.0 Å². The molecule has 0 saturated carbocycles. The van der Waals surface area contributed by atoms with Crippen LogP contribution in [0, 0.1) is 0 Å². The number of fused-ring (bicyclic) bond motifs is 1. The fraction of sp³-hybridized carbons (Fsp3) is 0.389. The molecule has 8 heteroatoms. The molecule has 0 atom stereocenters. The van der Waals surface area contributed by atoms with Crippen LogP contribution in [0.5, 0.6) is 11.5 Å². The normalized spacial score (nSPS) is 15.6. The van der Waals surface area contributed by atoms with Crippen LogP contribution in [0.15, 0.2) is 30.5 Å². The highest BCUT2D eigenvalue weighted by Gasteiger charge is 2.15. The van der Waals surface area contributed by atoms with Crippen LogP contribution in [0.1, 0.15) is 25.1 Å². The zero-order valence-electron chi connectivity index (χ0n) is 14.4. The summed E-state index contributed by atoms with van der Waals surface area (Å²) in [5, 5.41) is 5.55. The highest BCUT2D eigenvalue weighted by Crippen LogP contribution is 2.34. The number of hydrogen-bond acceptors (Lipinski definition) is 6. The lowest BCUT2D eigenvalue weighted by atomic mass is 10.1. The first-order valence-corrected chi connectivity index (χ1v) is 8.79. The first kappa shape index (κ1) is 16.4. The molecular formula is C18H21N5O3. The number of anilines is 2. The van der Waals surface area contributed by atoms with E-state index in [0.29, 0.717) is 23.0 Å². The van der Waals surface area contributed by atoms with Crippen molar-refractivity contribution >= 4 is 17.5 Å². The summed E-state index contributed by atoms with van der Waals surface area (Å²) in [6, 6.07) is 6.86. The van der Waals surface area contributed by atoms with Gasteiger partial charge in [-0.2, -0.15) is 0 Å². The Morgan fingerprint density at radius 3 is 2.85 bits per heavy atom. The molecule has 2 aliphatic heterocycles. The molecule has 0 unspecified atom stereocenters. The molecule has 0 aliphatic carbocycles. The lowest BCUT2D eigenvalue weighted by Crippen LogP contribution is -2.31. The minimum absolute atomic E-state index is 0.204. The molecule has 2 aromatic rings. The van der Waals surface area contributed by atoms with Crippen LogP contribution in [0.3, 0.4) is 0 Å². The molecule has 3 heterocycles. The van der Waals surface area contributed by atoms with E-state index in [0.717, 1.165) is 18.9 Å². The Kier molecular flexibility index (Phi) is 4.72. The molecule has 1 saturated heterocycles. The van der Waals surface area contributed by atoms with E-state index >= 15 is 0 Å². The highest BCUT2D eigenvalue weighted by molar-refractivity contribution is 5.89. The smallest absolute Gasteiger partial charge is 0.319 e. The number of piperidine rings is 1. The van der Waals surface area contributed by atoms with Crippen molar-refractivity contribution in [3.8, 4) is 11.5 Å². The molecule has 26 heavy (non-hydrogen) atoms. The van der Waals surface area contributed by atoms with Crippen LogP contribution in [-0.2, 0) is 6.54 Å². The van der Waals surface area contributed by atoms with Gasteiger partial charge in [-0.25, -0.2) is 14.8 Å². The van der Waals surface area contributed by atoms with Crippen molar-refractivity contribution < 1.29 is 14.3 Å². The average molecular weight is 355 g/mol. The van der Waals surface area contributed by atoms with Crippen LogP contribution in [0.4, 0.5) is 16.3 Å². The van der Waals surface area contributed by atoms with Gasteiger partial charge in [-0.3, -0.25) is 0 Å². The van der Waals surface area contributed by atoms with Gasteiger partial charge in [-0.05, 0) is 37.5 Å². The molecule has 8 nitrogen and oxygen atoms in total. The van der Waals surface area contributed by atoms with E-state index in [4.69, 9.17) is 9.47 Å². The highest BCUT2D eigenvalue weighted by atomic mass is 16.7. The second kappa shape index (κ2) is 7.47. The van der Waals surface area contributed by atoms with Crippen molar-refractivity contribution in [1.82, 2.24) is 15.3 Å². The third-order valence-corrected chi connectivity index (χ3v) is 4.41. The number of urea groups is 1. The molecule has 2 N–H and O–H groups in total. The van der Waals surface area contributed by atoms with Crippen LogP contribution in [0.2, 0.25) is 0 Å². The second-order valence-corrected chi connectivity index (χ2v) is 6.25. The summed E-state index contributed by atoms with van der Waals surface area (Å²) in [7, 11) is 0. The predicted molar refractivity (Wildman–Crippen MR) is 96.5 cm³/mol. The summed E-state index contributed by atoms with van der Waals surface area (Å²) in [6.07, 6.45) is 5.39. The SMILES string of the molecule is O=C(NCc1nccc(N2CCCCC2)n1)Nc1ccc2c(c1)OCO2. The Labute approximate surface area is 151 Å². The summed E-state index contributed by atoms with van der Waals surface area (Å²) in [5.41, 5.74) is 0.634. The predicted octanol–water partition coefficient (Wildman–Crippen LogP) is 2.52. The van der Waals surface area contributed by atoms with Crippen molar-refractivity contribution in [3.63, 3.8) is 0 Å². The lowest BCUT2D eigenvalue weighted by Gasteiger charge is -2.27. The second-order valence-electron chi connectivity index (χ2n) is 6.25. The number of carbonyl (C=O) groups excluding carboxylic acids is 1. The number of benzene rings is 1. The molecule has 2 amide bonds. The zero-order valence-corrected chi connectivity index (χ0v) is 14.4. The Morgan fingerprint density at radius 2 is 1.96 bits per heavy atom. The van der Waals surface area contributed by atoms with Crippen LogP contribution in [-0.4, -0.2) is 35.9 Å². The topological polar surface area (TPSA) is 88.6 Å². The van der Waals surface area contributed by atoms with Crippen molar-refractivity contribution in [2.24, 2.45) is 0 Å². The van der Waals surface area contributed by atoms with Gasteiger partial charge in [0.05, 0.1) is 6.54 Å². The largest absolute Gasteiger partial charge is 0.454 e. The monoisotopic (exact) mass is 355 g/mol. The molecular weight excluding hydrogens is 334 g/mol. The van der Waals surface area contributed by atoms with E-state index in [-0.39, 0.29) is 19.4 Å². The Balaban J connectivity index is 1.32. The third kappa shape index (κ3) is 3.79. The first-order chi connectivity index (χ1) is 12.8. The summed E-state index contributed by atoms with van der Waals surface area (Å²) in [6.45, 7) is 2.51. The third-order valence-electron chi connectivity index (χ3n) is 4.41. The number of rotatable bonds is 4. The molecule has 1 aromatic carbocycles. The van der Waals surface area contributed by atoms with Gasteiger partial charge >= 0.3 is 6.03 Å². The van der Waals surface area contributed by atoms with Gasteiger partial charge in [0.15, 0.2) is 11.5 Å². The zero-order chi connectivity index (χ0) is 17.8. The van der Waals surface area contributed by atoms with Gasteiger partial charge in [0.2, 0.25) is 6.79 Å². The Bertz CT molecular complexity index is 792. The van der Waals surface area contributed by atoms with Gasteiger partial charge in [0.25, 0.3) is 0 Å². The van der Waals surface area contributed by atoms with Crippen molar-refractivity contribution in [2.45, 2.75) is 25.8 Å². The van der Waals surface area contributed by atoms with Crippen LogP contribution in [0.25, 0.3) is 0 Å². The van der Waals surface area contributed by atoms with Crippen molar-refractivity contribution in [2.75, 3.05) is 30.1 Å². The standard InChI is InChI=1S/C18H21N5O3/c24-18(21-13-4-5-14-15(10-13)26-12-25-14)20-11-16-19-7-6-17(22-16)23-8-2-1-3-9-23/h4-7,10H,1-3,8-9,11-12H2,(H2,20,21,24).